The SMILES string of the molecule is Cc1cc(C)c(-c2c(C)nc3c4c(C(C)(C)C(C)C)cc(C)cc4c4ccc(F)cc4n23)c(C)c1. The van der Waals surface area contributed by atoms with Gasteiger partial charge >= 0.3 is 0 Å². The van der Waals surface area contributed by atoms with Crippen molar-refractivity contribution in [2.24, 2.45) is 5.92 Å². The van der Waals surface area contributed by atoms with Gasteiger partial charge in [0.1, 0.15) is 11.5 Å². The maximum Gasteiger partial charge on any atom is 0.146 e. The number of pyridine rings is 1. The predicted molar refractivity (Wildman–Crippen MR) is 147 cm³/mol. The average Bonchev–Trinajstić information content (AvgIpc) is 3.09. The van der Waals surface area contributed by atoms with Crippen molar-refractivity contribution in [3.05, 3.63) is 81.8 Å². The third-order valence-corrected chi connectivity index (χ3v) is 8.10. The maximum atomic E-state index is 14.7. The molecule has 35 heavy (non-hydrogen) atoms. The predicted octanol–water partition coefficient (Wildman–Crippen LogP) is 8.92. The van der Waals surface area contributed by atoms with Gasteiger partial charge in [0.05, 0.1) is 16.9 Å². The zero-order valence-electron chi connectivity index (χ0n) is 22.4. The van der Waals surface area contributed by atoms with Crippen LogP contribution in [-0.2, 0) is 5.41 Å². The van der Waals surface area contributed by atoms with E-state index in [0.29, 0.717) is 5.92 Å². The smallest absolute Gasteiger partial charge is 0.146 e. The van der Waals surface area contributed by atoms with E-state index in [0.717, 1.165) is 33.3 Å². The molecule has 3 aromatic carbocycles. The highest BCUT2D eigenvalue weighted by atomic mass is 19.1. The van der Waals surface area contributed by atoms with E-state index in [2.05, 4.69) is 91.0 Å². The Morgan fingerprint density at radius 1 is 0.829 bits per heavy atom. The normalized spacial score (nSPS) is 12.5. The van der Waals surface area contributed by atoms with E-state index >= 15 is 0 Å². The molecule has 0 aliphatic carbocycles. The van der Waals surface area contributed by atoms with Crippen molar-refractivity contribution < 1.29 is 4.39 Å². The van der Waals surface area contributed by atoms with Crippen molar-refractivity contribution in [2.45, 2.75) is 67.7 Å². The van der Waals surface area contributed by atoms with Gasteiger partial charge in [0.15, 0.2) is 0 Å². The summed E-state index contributed by atoms with van der Waals surface area (Å²) in [6.45, 7) is 19.9. The molecule has 0 aliphatic rings. The molecule has 0 N–H and O–H groups in total. The van der Waals surface area contributed by atoms with Gasteiger partial charge in [-0.25, -0.2) is 9.37 Å². The molecule has 0 unspecified atom stereocenters. The number of rotatable bonds is 3. The van der Waals surface area contributed by atoms with Crippen molar-refractivity contribution in [1.82, 2.24) is 9.38 Å². The Morgan fingerprint density at radius 2 is 1.46 bits per heavy atom. The highest BCUT2D eigenvalue weighted by Gasteiger charge is 2.30. The highest BCUT2D eigenvalue weighted by Crippen LogP contribution is 2.43. The molecule has 0 radical (unpaired) electrons. The van der Waals surface area contributed by atoms with Gasteiger partial charge in [-0.2, -0.15) is 0 Å². The Balaban J connectivity index is 2.10. The van der Waals surface area contributed by atoms with E-state index in [1.807, 2.05) is 6.07 Å². The Morgan fingerprint density at radius 3 is 2.09 bits per heavy atom. The van der Waals surface area contributed by atoms with Crippen LogP contribution in [0.25, 0.3) is 38.6 Å². The molecule has 0 amide bonds. The third-order valence-electron chi connectivity index (χ3n) is 8.10. The second-order valence-electron chi connectivity index (χ2n) is 11.3. The van der Waals surface area contributed by atoms with E-state index < -0.39 is 0 Å². The molecule has 2 nitrogen and oxygen atoms in total. The van der Waals surface area contributed by atoms with E-state index in [1.54, 1.807) is 12.1 Å². The van der Waals surface area contributed by atoms with Crippen molar-refractivity contribution in [1.29, 1.82) is 0 Å². The fraction of sp³-hybridized carbons (Fsp3) is 0.344. The fourth-order valence-electron chi connectivity index (χ4n) is 5.75. The van der Waals surface area contributed by atoms with Crippen molar-refractivity contribution in [3.63, 3.8) is 0 Å². The topological polar surface area (TPSA) is 17.3 Å². The summed E-state index contributed by atoms with van der Waals surface area (Å²) in [5.74, 6) is 0.205. The maximum absolute atomic E-state index is 14.7. The summed E-state index contributed by atoms with van der Waals surface area (Å²) in [7, 11) is 0. The first-order valence-electron chi connectivity index (χ1n) is 12.5. The monoisotopic (exact) mass is 466 g/mol. The summed E-state index contributed by atoms with van der Waals surface area (Å²) >= 11 is 0. The van der Waals surface area contributed by atoms with Gasteiger partial charge < -0.3 is 0 Å². The summed E-state index contributed by atoms with van der Waals surface area (Å²) < 4.78 is 17.0. The van der Waals surface area contributed by atoms with Crippen LogP contribution in [-0.4, -0.2) is 9.38 Å². The van der Waals surface area contributed by atoms with Crippen LogP contribution in [0.2, 0.25) is 0 Å². The second kappa shape index (κ2) is 7.91. The van der Waals surface area contributed by atoms with Crippen LogP contribution in [0.5, 0.6) is 0 Å². The Bertz CT molecular complexity index is 1630. The van der Waals surface area contributed by atoms with Crippen molar-refractivity contribution >= 4 is 27.3 Å². The Labute approximate surface area is 207 Å². The van der Waals surface area contributed by atoms with Gasteiger partial charge in [-0.15, -0.1) is 0 Å². The molecule has 2 heterocycles. The van der Waals surface area contributed by atoms with Crippen molar-refractivity contribution in [2.75, 3.05) is 0 Å². The van der Waals surface area contributed by atoms with Gasteiger partial charge in [-0.1, -0.05) is 63.1 Å². The molecule has 0 saturated heterocycles. The molecule has 0 bridgehead atoms. The zero-order chi connectivity index (χ0) is 25.4. The molecule has 2 aromatic heterocycles. The van der Waals surface area contributed by atoms with Crippen LogP contribution in [0.4, 0.5) is 4.39 Å². The van der Waals surface area contributed by atoms with Gasteiger partial charge in [0.2, 0.25) is 0 Å². The largest absolute Gasteiger partial charge is 0.291 e. The minimum Gasteiger partial charge on any atom is -0.291 e. The first kappa shape index (κ1) is 23.5. The molecule has 0 atom stereocenters. The number of halogens is 1. The lowest BCUT2D eigenvalue weighted by Gasteiger charge is -2.32. The second-order valence-corrected chi connectivity index (χ2v) is 11.3. The number of aryl methyl sites for hydroxylation is 5. The summed E-state index contributed by atoms with van der Waals surface area (Å²) in [5.41, 5.74) is 11.1. The van der Waals surface area contributed by atoms with Crippen LogP contribution in [0.1, 0.15) is 61.2 Å². The first-order chi connectivity index (χ1) is 16.4. The van der Waals surface area contributed by atoms with E-state index in [1.165, 1.54) is 38.8 Å². The highest BCUT2D eigenvalue weighted by molar-refractivity contribution is 6.14. The Kier molecular flexibility index (Phi) is 5.32. The standard InChI is InChI=1S/C32H35FN2/c1-17(2)32(8,9)26-15-19(4)14-25-24-11-10-23(33)16-27(24)35-30(22(7)34-31(35)29(25)26)28-20(5)12-18(3)13-21(28)6/h10-17H,1-9H3. The molecule has 3 heteroatoms. The summed E-state index contributed by atoms with van der Waals surface area (Å²) in [5, 5.41) is 3.37. The first-order valence-corrected chi connectivity index (χ1v) is 12.5. The van der Waals surface area contributed by atoms with Crippen LogP contribution in [0.15, 0.2) is 42.5 Å². The number of imidazole rings is 1. The molecule has 5 rings (SSSR count). The lowest BCUT2D eigenvalue weighted by molar-refractivity contribution is 0.375. The summed E-state index contributed by atoms with van der Waals surface area (Å²) in [6, 6.07) is 14.2. The van der Waals surface area contributed by atoms with Gasteiger partial charge in [-0.05, 0) is 86.2 Å². The summed E-state index contributed by atoms with van der Waals surface area (Å²) in [6.07, 6.45) is 0. The number of hydrogen-bond acceptors (Lipinski definition) is 1. The van der Waals surface area contributed by atoms with Crippen molar-refractivity contribution in [3.8, 4) is 11.3 Å². The lowest BCUT2D eigenvalue weighted by Crippen LogP contribution is -2.25. The van der Waals surface area contributed by atoms with E-state index in [9.17, 15) is 4.39 Å². The number of hydrogen-bond donors (Lipinski definition) is 0. The number of nitrogens with zero attached hydrogens (tertiary/aromatic N) is 2. The zero-order valence-corrected chi connectivity index (χ0v) is 22.4. The van der Waals surface area contributed by atoms with E-state index in [4.69, 9.17) is 4.98 Å². The molecule has 0 fully saturated rings. The quantitative estimate of drug-likeness (QED) is 0.243. The Hall–Kier alpha value is -3.20. The van der Waals surface area contributed by atoms with Gasteiger partial charge in [-0.3, -0.25) is 4.40 Å². The molecule has 0 spiro atoms. The molecule has 0 aliphatic heterocycles. The van der Waals surface area contributed by atoms with Crippen LogP contribution >= 0.6 is 0 Å². The number of benzene rings is 3. The van der Waals surface area contributed by atoms with Crippen LogP contribution < -0.4 is 0 Å². The molecule has 0 saturated carbocycles. The third kappa shape index (κ3) is 3.47. The number of fused-ring (bicyclic) bond motifs is 6. The van der Waals surface area contributed by atoms with Gasteiger partial charge in [0.25, 0.3) is 0 Å². The molecular formula is C32H35FN2. The minimum atomic E-state index is -0.233. The van der Waals surface area contributed by atoms with Crippen LogP contribution in [0, 0.1) is 46.4 Å². The number of aromatic nitrogens is 2. The fourth-order valence-corrected chi connectivity index (χ4v) is 5.75. The molecular weight excluding hydrogens is 431 g/mol. The lowest BCUT2D eigenvalue weighted by atomic mass is 9.73. The minimum absolute atomic E-state index is 0.0613. The molecule has 180 valence electrons. The summed E-state index contributed by atoms with van der Waals surface area (Å²) in [4.78, 5) is 5.21. The van der Waals surface area contributed by atoms with E-state index in [-0.39, 0.29) is 11.2 Å². The molecule has 5 aromatic rings. The van der Waals surface area contributed by atoms with Gasteiger partial charge in [0, 0.05) is 16.3 Å². The average molecular weight is 467 g/mol. The van der Waals surface area contributed by atoms with Crippen LogP contribution in [0.3, 0.4) is 0 Å².